The number of anilines is 1. The average Bonchev–Trinajstić information content (AvgIpc) is 2.67. The zero-order valence-electron chi connectivity index (χ0n) is 15.5. The van der Waals surface area contributed by atoms with Crippen molar-refractivity contribution in [3.8, 4) is 0 Å². The third-order valence-electron chi connectivity index (χ3n) is 4.29. The fourth-order valence-electron chi connectivity index (χ4n) is 2.88. The number of nitrogens with zero attached hydrogens (tertiary/aromatic N) is 1. The molecule has 1 aromatic carbocycles. The Kier molecular flexibility index (Phi) is 7.87. The second-order valence-corrected chi connectivity index (χ2v) is 6.04. The van der Waals surface area contributed by atoms with Gasteiger partial charge in [-0.3, -0.25) is 4.90 Å². The standard InChI is InChI=1S/C19H28N2O5/c1-3-25-17(22)19(18(23)26-4-2,20-16-8-6-5-7-9-16)10-11-21-12-14-24-15-13-21/h5-9,20H,3-4,10-15H2,1-2H3. The van der Waals surface area contributed by atoms with Gasteiger partial charge in [0.15, 0.2) is 0 Å². The summed E-state index contributed by atoms with van der Waals surface area (Å²) < 4.78 is 15.8. The first kappa shape index (κ1) is 20.2. The maximum atomic E-state index is 12.8. The third-order valence-corrected chi connectivity index (χ3v) is 4.29. The van der Waals surface area contributed by atoms with Crippen molar-refractivity contribution in [3.63, 3.8) is 0 Å². The minimum Gasteiger partial charge on any atom is -0.464 e. The van der Waals surface area contributed by atoms with Crippen molar-refractivity contribution in [2.45, 2.75) is 25.8 Å². The summed E-state index contributed by atoms with van der Waals surface area (Å²) in [7, 11) is 0. The van der Waals surface area contributed by atoms with Crippen molar-refractivity contribution in [2.75, 3.05) is 51.4 Å². The van der Waals surface area contributed by atoms with Gasteiger partial charge in [0.2, 0.25) is 5.54 Å². The Bertz CT molecular complexity index is 555. The number of ether oxygens (including phenoxy) is 3. The molecule has 7 heteroatoms. The van der Waals surface area contributed by atoms with Gasteiger partial charge in [-0.25, -0.2) is 9.59 Å². The van der Waals surface area contributed by atoms with Crippen molar-refractivity contribution < 1.29 is 23.8 Å². The molecule has 0 unspecified atom stereocenters. The molecule has 1 saturated heterocycles. The van der Waals surface area contributed by atoms with Crippen LogP contribution in [0, 0.1) is 0 Å². The summed E-state index contributed by atoms with van der Waals surface area (Å²) in [6.07, 6.45) is 0.250. The highest BCUT2D eigenvalue weighted by molar-refractivity contribution is 6.08. The highest BCUT2D eigenvalue weighted by Gasteiger charge is 2.49. The lowest BCUT2D eigenvalue weighted by atomic mass is 9.93. The molecule has 7 nitrogen and oxygen atoms in total. The number of benzene rings is 1. The molecule has 144 valence electrons. The van der Waals surface area contributed by atoms with Crippen LogP contribution in [0.15, 0.2) is 30.3 Å². The number of carbonyl (C=O) groups excluding carboxylic acids is 2. The second kappa shape index (κ2) is 10.1. The van der Waals surface area contributed by atoms with E-state index in [1.807, 2.05) is 30.3 Å². The second-order valence-electron chi connectivity index (χ2n) is 6.04. The van der Waals surface area contributed by atoms with Gasteiger partial charge in [-0.15, -0.1) is 0 Å². The Morgan fingerprint density at radius 1 is 1.08 bits per heavy atom. The molecule has 1 N–H and O–H groups in total. The number of carbonyl (C=O) groups is 2. The van der Waals surface area contributed by atoms with Gasteiger partial charge in [0.1, 0.15) is 0 Å². The van der Waals surface area contributed by atoms with Gasteiger partial charge < -0.3 is 19.5 Å². The van der Waals surface area contributed by atoms with E-state index in [1.54, 1.807) is 13.8 Å². The zero-order chi connectivity index (χ0) is 18.8. The molecule has 1 heterocycles. The maximum absolute atomic E-state index is 12.8. The SMILES string of the molecule is CCOC(=O)C(CCN1CCOCC1)(Nc1ccccc1)C(=O)OCC. The molecular weight excluding hydrogens is 336 g/mol. The van der Waals surface area contributed by atoms with Gasteiger partial charge in [-0.2, -0.15) is 0 Å². The molecule has 1 aromatic rings. The van der Waals surface area contributed by atoms with Crippen molar-refractivity contribution in [1.82, 2.24) is 4.90 Å². The molecule has 0 aliphatic carbocycles. The third kappa shape index (κ3) is 5.19. The molecule has 0 atom stereocenters. The maximum Gasteiger partial charge on any atom is 0.343 e. The van der Waals surface area contributed by atoms with Crippen LogP contribution in [0.1, 0.15) is 20.3 Å². The van der Waals surface area contributed by atoms with Crippen LogP contribution in [0.2, 0.25) is 0 Å². The smallest absolute Gasteiger partial charge is 0.343 e. The van der Waals surface area contributed by atoms with Crippen molar-refractivity contribution in [3.05, 3.63) is 30.3 Å². The van der Waals surface area contributed by atoms with Crippen LogP contribution in [0.3, 0.4) is 0 Å². The summed E-state index contributed by atoms with van der Waals surface area (Å²) in [6.45, 7) is 7.22. The Balaban J connectivity index is 2.27. The van der Waals surface area contributed by atoms with E-state index >= 15 is 0 Å². The van der Waals surface area contributed by atoms with E-state index in [0.717, 1.165) is 13.1 Å². The van der Waals surface area contributed by atoms with E-state index in [1.165, 1.54) is 0 Å². The van der Waals surface area contributed by atoms with Crippen LogP contribution >= 0.6 is 0 Å². The topological polar surface area (TPSA) is 77.1 Å². The van der Waals surface area contributed by atoms with Crippen molar-refractivity contribution >= 4 is 17.6 Å². The fourth-order valence-corrected chi connectivity index (χ4v) is 2.88. The molecule has 1 aliphatic rings. The van der Waals surface area contributed by atoms with Gasteiger partial charge in [0.25, 0.3) is 0 Å². The first-order valence-corrected chi connectivity index (χ1v) is 9.10. The van der Waals surface area contributed by atoms with Crippen molar-refractivity contribution in [2.24, 2.45) is 0 Å². The van der Waals surface area contributed by atoms with Gasteiger partial charge in [-0.1, -0.05) is 18.2 Å². The molecule has 0 bridgehead atoms. The molecule has 2 rings (SSSR count). The first-order valence-electron chi connectivity index (χ1n) is 9.10. The lowest BCUT2D eigenvalue weighted by Gasteiger charge is -2.34. The van der Waals surface area contributed by atoms with E-state index in [-0.39, 0.29) is 19.6 Å². The molecule has 26 heavy (non-hydrogen) atoms. The molecule has 0 saturated carbocycles. The number of nitrogens with one attached hydrogen (secondary N) is 1. The molecule has 0 radical (unpaired) electrons. The van der Waals surface area contributed by atoms with E-state index in [2.05, 4.69) is 10.2 Å². The molecule has 1 fully saturated rings. The fraction of sp³-hybridized carbons (Fsp3) is 0.579. The highest BCUT2D eigenvalue weighted by Crippen LogP contribution is 2.24. The van der Waals surface area contributed by atoms with E-state index in [9.17, 15) is 9.59 Å². The molecular formula is C19H28N2O5. The van der Waals surface area contributed by atoms with Crippen LogP contribution in [-0.4, -0.2) is 68.4 Å². The van der Waals surface area contributed by atoms with Gasteiger partial charge in [0.05, 0.1) is 26.4 Å². The zero-order valence-corrected chi connectivity index (χ0v) is 15.5. The Labute approximate surface area is 154 Å². The summed E-state index contributed by atoms with van der Waals surface area (Å²) >= 11 is 0. The molecule has 1 aliphatic heterocycles. The Morgan fingerprint density at radius 3 is 2.19 bits per heavy atom. The summed E-state index contributed by atoms with van der Waals surface area (Å²) in [6, 6.07) is 9.16. The van der Waals surface area contributed by atoms with Crippen LogP contribution in [0.25, 0.3) is 0 Å². The van der Waals surface area contributed by atoms with Gasteiger partial charge in [-0.05, 0) is 26.0 Å². The van der Waals surface area contributed by atoms with Crippen LogP contribution < -0.4 is 5.32 Å². The predicted octanol–water partition coefficient (Wildman–Crippen LogP) is 1.69. The Hall–Kier alpha value is -2.12. The lowest BCUT2D eigenvalue weighted by Crippen LogP contribution is -2.57. The minimum atomic E-state index is -1.58. The lowest BCUT2D eigenvalue weighted by molar-refractivity contribution is -0.163. The average molecular weight is 364 g/mol. The summed E-state index contributed by atoms with van der Waals surface area (Å²) in [5.41, 5.74) is -0.915. The Morgan fingerprint density at radius 2 is 1.65 bits per heavy atom. The first-order chi connectivity index (χ1) is 12.6. The molecule has 0 spiro atoms. The predicted molar refractivity (Wildman–Crippen MR) is 97.9 cm³/mol. The van der Waals surface area contributed by atoms with E-state index < -0.39 is 17.5 Å². The summed E-state index contributed by atoms with van der Waals surface area (Å²) in [5, 5.41) is 3.09. The number of morpholine rings is 1. The molecule has 0 amide bonds. The van der Waals surface area contributed by atoms with E-state index in [4.69, 9.17) is 14.2 Å². The number of hydrogen-bond acceptors (Lipinski definition) is 7. The highest BCUT2D eigenvalue weighted by atomic mass is 16.6. The number of para-hydroxylation sites is 1. The van der Waals surface area contributed by atoms with Crippen LogP contribution in [0.5, 0.6) is 0 Å². The van der Waals surface area contributed by atoms with Crippen molar-refractivity contribution in [1.29, 1.82) is 0 Å². The van der Waals surface area contributed by atoms with Crippen LogP contribution in [-0.2, 0) is 23.8 Å². The van der Waals surface area contributed by atoms with E-state index in [0.29, 0.717) is 25.4 Å². The quantitative estimate of drug-likeness (QED) is 0.528. The van der Waals surface area contributed by atoms with Gasteiger partial charge >= 0.3 is 11.9 Å². The largest absolute Gasteiger partial charge is 0.464 e. The number of hydrogen-bond donors (Lipinski definition) is 1. The number of esters is 2. The minimum absolute atomic E-state index is 0.189. The summed E-state index contributed by atoms with van der Waals surface area (Å²) in [4.78, 5) is 27.8. The van der Waals surface area contributed by atoms with Crippen LogP contribution in [0.4, 0.5) is 5.69 Å². The van der Waals surface area contributed by atoms with Gasteiger partial charge in [0, 0.05) is 31.7 Å². The number of rotatable bonds is 9. The molecule has 0 aromatic heterocycles. The normalized spacial score (nSPS) is 15.3. The summed E-state index contributed by atoms with van der Waals surface area (Å²) in [5.74, 6) is -1.23. The monoisotopic (exact) mass is 364 g/mol.